The zero-order valence-corrected chi connectivity index (χ0v) is 19.1. The van der Waals surface area contributed by atoms with E-state index in [1.165, 1.54) is 18.2 Å². The molecule has 3 heterocycles. The molecule has 35 heavy (non-hydrogen) atoms. The maximum absolute atomic E-state index is 13.8. The molecular formula is C26H26F2N4O3. The summed E-state index contributed by atoms with van der Waals surface area (Å²) in [6.45, 7) is 1.76. The van der Waals surface area contributed by atoms with Gasteiger partial charge in [-0.1, -0.05) is 30.3 Å². The van der Waals surface area contributed by atoms with E-state index in [-0.39, 0.29) is 48.6 Å². The van der Waals surface area contributed by atoms with Gasteiger partial charge in [0.25, 0.3) is 5.91 Å². The van der Waals surface area contributed by atoms with E-state index in [2.05, 4.69) is 10.3 Å². The lowest BCUT2D eigenvalue weighted by Crippen LogP contribution is -2.43. The molecule has 5 rings (SSSR count). The summed E-state index contributed by atoms with van der Waals surface area (Å²) in [6, 6.07) is 12.6. The Hall–Kier alpha value is -3.59. The summed E-state index contributed by atoms with van der Waals surface area (Å²) in [7, 11) is 0. The second-order valence-electron chi connectivity index (χ2n) is 8.92. The highest BCUT2D eigenvalue weighted by atomic mass is 19.1. The molecule has 0 spiro atoms. The van der Waals surface area contributed by atoms with Gasteiger partial charge in [-0.2, -0.15) is 0 Å². The van der Waals surface area contributed by atoms with E-state index in [0.717, 1.165) is 11.3 Å². The first-order valence-electron chi connectivity index (χ1n) is 11.7. The summed E-state index contributed by atoms with van der Waals surface area (Å²) in [5.74, 6) is -1.16. The first kappa shape index (κ1) is 23.2. The molecule has 1 fully saturated rings. The molecule has 3 aromatic rings. The van der Waals surface area contributed by atoms with Crippen LogP contribution in [-0.4, -0.2) is 39.4 Å². The Bertz CT molecular complexity index is 1220. The maximum Gasteiger partial charge on any atom is 0.274 e. The zero-order valence-electron chi connectivity index (χ0n) is 19.1. The van der Waals surface area contributed by atoms with Crippen molar-refractivity contribution in [1.82, 2.24) is 19.8 Å². The fourth-order valence-electron chi connectivity index (χ4n) is 4.65. The number of hydrogen-bond acceptors (Lipinski definition) is 4. The number of fused-ring (bicyclic) bond motifs is 1. The number of carbonyl (C=O) groups excluding carboxylic acids is 2. The second kappa shape index (κ2) is 9.95. The van der Waals surface area contributed by atoms with Gasteiger partial charge in [-0.3, -0.25) is 9.59 Å². The van der Waals surface area contributed by atoms with Crippen molar-refractivity contribution in [2.75, 3.05) is 13.1 Å². The van der Waals surface area contributed by atoms with Gasteiger partial charge in [-0.25, -0.2) is 13.8 Å². The van der Waals surface area contributed by atoms with Crippen molar-refractivity contribution < 1.29 is 23.1 Å². The number of nitrogens with zero attached hydrogens (tertiary/aromatic N) is 3. The minimum atomic E-state index is -0.343. The van der Waals surface area contributed by atoms with Crippen LogP contribution in [0.3, 0.4) is 0 Å². The highest BCUT2D eigenvalue weighted by molar-refractivity contribution is 5.93. The van der Waals surface area contributed by atoms with E-state index >= 15 is 0 Å². The molecule has 1 aromatic heterocycles. The second-order valence-corrected chi connectivity index (χ2v) is 8.92. The fourth-order valence-corrected chi connectivity index (χ4v) is 4.65. The van der Waals surface area contributed by atoms with Crippen LogP contribution in [0, 0.1) is 17.6 Å². The first-order chi connectivity index (χ1) is 17.0. The molecule has 1 saturated heterocycles. The SMILES string of the molecule is O=C(NCc1ccccc1F)C1CCN(C(=O)c2ncn3c2CO[C@H](c2ccc(F)cc2)C3)CC1. The predicted molar refractivity (Wildman–Crippen MR) is 123 cm³/mol. The third kappa shape index (κ3) is 4.95. The standard InChI is InChI=1S/C26H26F2N4O3/c27-20-7-5-17(6-8-20)23-14-32-16-30-24(22(32)15-35-23)26(34)31-11-9-18(10-12-31)25(33)29-13-19-3-1-2-4-21(19)28/h1-8,16,18,23H,9-15H2,(H,29,33)/t23-/m0/s1. The minimum Gasteiger partial charge on any atom is -0.365 e. The Labute approximate surface area is 201 Å². The molecule has 7 nitrogen and oxygen atoms in total. The normalized spacial score (nSPS) is 18.2. The number of likely N-dealkylation sites (tertiary alicyclic amines) is 1. The largest absolute Gasteiger partial charge is 0.365 e. The molecule has 182 valence electrons. The third-order valence-corrected chi connectivity index (χ3v) is 6.74. The highest BCUT2D eigenvalue weighted by Crippen LogP contribution is 2.29. The summed E-state index contributed by atoms with van der Waals surface area (Å²) >= 11 is 0. The van der Waals surface area contributed by atoms with E-state index in [1.807, 2.05) is 4.57 Å². The van der Waals surface area contributed by atoms with Crippen LogP contribution >= 0.6 is 0 Å². The van der Waals surface area contributed by atoms with Crippen molar-refractivity contribution in [3.63, 3.8) is 0 Å². The van der Waals surface area contributed by atoms with Crippen LogP contribution in [-0.2, 0) is 29.2 Å². The molecule has 2 aliphatic rings. The lowest BCUT2D eigenvalue weighted by atomic mass is 9.95. The minimum absolute atomic E-state index is 0.125. The number of imidazole rings is 1. The summed E-state index contributed by atoms with van der Waals surface area (Å²) in [6.07, 6.45) is 2.48. The Morgan fingerprint density at radius 2 is 1.80 bits per heavy atom. The van der Waals surface area contributed by atoms with Gasteiger partial charge < -0.3 is 19.5 Å². The van der Waals surface area contributed by atoms with Crippen LogP contribution in [0.25, 0.3) is 0 Å². The van der Waals surface area contributed by atoms with Gasteiger partial charge in [0.15, 0.2) is 5.69 Å². The van der Waals surface area contributed by atoms with E-state index < -0.39 is 0 Å². The van der Waals surface area contributed by atoms with Gasteiger partial charge in [-0.05, 0) is 36.6 Å². The van der Waals surface area contributed by atoms with E-state index in [1.54, 1.807) is 41.6 Å². The quantitative estimate of drug-likeness (QED) is 0.606. The smallest absolute Gasteiger partial charge is 0.274 e. The molecule has 1 atom stereocenters. The van der Waals surface area contributed by atoms with Crippen LogP contribution < -0.4 is 5.32 Å². The molecule has 2 aliphatic heterocycles. The van der Waals surface area contributed by atoms with E-state index in [9.17, 15) is 18.4 Å². The molecule has 9 heteroatoms. The van der Waals surface area contributed by atoms with E-state index in [0.29, 0.717) is 43.7 Å². The monoisotopic (exact) mass is 480 g/mol. The van der Waals surface area contributed by atoms with Crippen LogP contribution in [0.2, 0.25) is 0 Å². The first-order valence-corrected chi connectivity index (χ1v) is 11.7. The summed E-state index contributed by atoms with van der Waals surface area (Å²) in [5.41, 5.74) is 2.40. The van der Waals surface area contributed by atoms with Gasteiger partial charge >= 0.3 is 0 Å². The van der Waals surface area contributed by atoms with E-state index in [4.69, 9.17) is 4.74 Å². The number of nitrogens with one attached hydrogen (secondary N) is 1. The molecule has 2 amide bonds. The molecule has 0 radical (unpaired) electrons. The van der Waals surface area contributed by atoms with Gasteiger partial charge in [-0.15, -0.1) is 0 Å². The fraction of sp³-hybridized carbons (Fsp3) is 0.346. The molecular weight excluding hydrogens is 454 g/mol. The van der Waals surface area contributed by atoms with Crippen molar-refractivity contribution in [1.29, 1.82) is 0 Å². The number of benzene rings is 2. The van der Waals surface area contributed by atoms with Gasteiger partial charge in [0.05, 0.1) is 25.2 Å². The molecule has 0 unspecified atom stereocenters. The highest BCUT2D eigenvalue weighted by Gasteiger charge is 2.32. The lowest BCUT2D eigenvalue weighted by Gasteiger charge is -2.31. The summed E-state index contributed by atoms with van der Waals surface area (Å²) in [5, 5.41) is 2.81. The Kier molecular flexibility index (Phi) is 6.59. The Morgan fingerprint density at radius 1 is 1.06 bits per heavy atom. The lowest BCUT2D eigenvalue weighted by molar-refractivity contribution is -0.126. The van der Waals surface area contributed by atoms with Crippen molar-refractivity contribution in [2.24, 2.45) is 5.92 Å². The third-order valence-electron chi connectivity index (χ3n) is 6.74. The predicted octanol–water partition coefficient (Wildman–Crippen LogP) is 3.60. The maximum atomic E-state index is 13.8. The number of piperidine rings is 1. The molecule has 0 bridgehead atoms. The Morgan fingerprint density at radius 3 is 2.54 bits per heavy atom. The summed E-state index contributed by atoms with van der Waals surface area (Å²) < 4.78 is 34.9. The number of halogens is 2. The molecule has 2 aromatic carbocycles. The topological polar surface area (TPSA) is 76.5 Å². The van der Waals surface area contributed by atoms with Gasteiger partial charge in [0, 0.05) is 31.1 Å². The average molecular weight is 481 g/mol. The number of carbonyl (C=O) groups is 2. The Balaban J connectivity index is 1.16. The van der Waals surface area contributed by atoms with Crippen LogP contribution in [0.1, 0.15) is 46.3 Å². The van der Waals surface area contributed by atoms with Crippen LogP contribution in [0.5, 0.6) is 0 Å². The van der Waals surface area contributed by atoms with Crippen molar-refractivity contribution in [3.05, 3.63) is 89.0 Å². The van der Waals surface area contributed by atoms with Crippen LogP contribution in [0.15, 0.2) is 54.9 Å². The van der Waals surface area contributed by atoms with Crippen molar-refractivity contribution in [2.45, 2.75) is 38.6 Å². The number of ether oxygens (including phenoxy) is 1. The van der Waals surface area contributed by atoms with Gasteiger partial charge in [0.1, 0.15) is 17.7 Å². The van der Waals surface area contributed by atoms with Crippen molar-refractivity contribution in [3.8, 4) is 0 Å². The van der Waals surface area contributed by atoms with Gasteiger partial charge in [0.2, 0.25) is 5.91 Å². The summed E-state index contributed by atoms with van der Waals surface area (Å²) in [4.78, 5) is 31.8. The zero-order chi connectivity index (χ0) is 24.4. The number of amides is 2. The molecule has 1 N–H and O–H groups in total. The van der Waals surface area contributed by atoms with Crippen LogP contribution in [0.4, 0.5) is 8.78 Å². The molecule has 0 saturated carbocycles. The average Bonchev–Trinajstić information content (AvgIpc) is 3.31. The number of aromatic nitrogens is 2. The van der Waals surface area contributed by atoms with Crippen molar-refractivity contribution >= 4 is 11.8 Å². The number of rotatable bonds is 5. The number of hydrogen-bond donors (Lipinski definition) is 1. The molecule has 0 aliphatic carbocycles.